The Labute approximate surface area is 114 Å². The lowest BCUT2D eigenvalue weighted by molar-refractivity contribution is 0.535. The first-order chi connectivity index (χ1) is 9.20. The molecule has 0 bridgehead atoms. The van der Waals surface area contributed by atoms with Crippen molar-refractivity contribution in [2.24, 2.45) is 0 Å². The Morgan fingerprint density at radius 1 is 1.21 bits per heavy atom. The topological polar surface area (TPSA) is 53.6 Å². The van der Waals surface area contributed by atoms with Gasteiger partial charge in [0.15, 0.2) is 0 Å². The molecule has 0 aliphatic heterocycles. The quantitative estimate of drug-likeness (QED) is 0.837. The molecular formula is C15H22N4. The van der Waals surface area contributed by atoms with Gasteiger partial charge in [-0.15, -0.1) is 0 Å². The van der Waals surface area contributed by atoms with Crippen LogP contribution in [0.15, 0.2) is 30.5 Å². The summed E-state index contributed by atoms with van der Waals surface area (Å²) in [6.07, 6.45) is 2.72. The number of aromatic amines is 1. The predicted molar refractivity (Wildman–Crippen MR) is 77.0 cm³/mol. The lowest BCUT2D eigenvalue weighted by Crippen LogP contribution is -2.23. The van der Waals surface area contributed by atoms with E-state index in [2.05, 4.69) is 65.8 Å². The predicted octanol–water partition coefficient (Wildman–Crippen LogP) is 2.82. The molecule has 0 saturated carbocycles. The van der Waals surface area contributed by atoms with Crippen molar-refractivity contribution in [3.8, 4) is 0 Å². The summed E-state index contributed by atoms with van der Waals surface area (Å²) >= 11 is 0. The number of likely N-dealkylation sites (N-methyl/N-ethyl adjacent to an activating group) is 1. The van der Waals surface area contributed by atoms with Gasteiger partial charge in [-0.05, 0) is 30.0 Å². The minimum atomic E-state index is 0.216. The van der Waals surface area contributed by atoms with Gasteiger partial charge in [0.05, 0.1) is 17.9 Å². The van der Waals surface area contributed by atoms with Gasteiger partial charge in [0, 0.05) is 0 Å². The van der Waals surface area contributed by atoms with E-state index >= 15 is 0 Å². The SMILES string of the molecule is CCNC(Cc1ccc(C(C)C)cc1)c1cn[nH]n1. The zero-order valence-corrected chi connectivity index (χ0v) is 11.9. The summed E-state index contributed by atoms with van der Waals surface area (Å²) in [6, 6.07) is 9.06. The lowest BCUT2D eigenvalue weighted by atomic mass is 9.98. The fraction of sp³-hybridized carbons (Fsp3) is 0.467. The number of rotatable bonds is 6. The smallest absolute Gasteiger partial charge is 0.0997 e. The van der Waals surface area contributed by atoms with Crippen LogP contribution in [-0.4, -0.2) is 22.0 Å². The third kappa shape index (κ3) is 3.64. The molecule has 0 aliphatic rings. The van der Waals surface area contributed by atoms with Crippen LogP contribution in [0, 0.1) is 0 Å². The average molecular weight is 258 g/mol. The van der Waals surface area contributed by atoms with Gasteiger partial charge in [-0.3, -0.25) is 0 Å². The molecular weight excluding hydrogens is 236 g/mol. The first-order valence-electron chi connectivity index (χ1n) is 6.88. The van der Waals surface area contributed by atoms with Gasteiger partial charge < -0.3 is 5.32 Å². The maximum Gasteiger partial charge on any atom is 0.0997 e. The molecule has 0 amide bonds. The van der Waals surface area contributed by atoms with E-state index in [-0.39, 0.29) is 6.04 Å². The molecule has 4 heteroatoms. The van der Waals surface area contributed by atoms with Crippen LogP contribution < -0.4 is 5.32 Å². The van der Waals surface area contributed by atoms with Gasteiger partial charge in [-0.1, -0.05) is 45.0 Å². The molecule has 4 nitrogen and oxygen atoms in total. The van der Waals surface area contributed by atoms with Gasteiger partial charge in [0.1, 0.15) is 0 Å². The second-order valence-electron chi connectivity index (χ2n) is 5.11. The van der Waals surface area contributed by atoms with Crippen molar-refractivity contribution in [2.45, 2.75) is 39.2 Å². The molecule has 2 N–H and O–H groups in total. The number of nitrogens with zero attached hydrogens (tertiary/aromatic N) is 2. The fourth-order valence-corrected chi connectivity index (χ4v) is 2.18. The van der Waals surface area contributed by atoms with Crippen molar-refractivity contribution in [3.63, 3.8) is 0 Å². The van der Waals surface area contributed by atoms with Crippen LogP contribution in [0.5, 0.6) is 0 Å². The highest BCUT2D eigenvalue weighted by atomic mass is 15.3. The summed E-state index contributed by atoms with van der Waals surface area (Å²) in [5.74, 6) is 0.578. The highest BCUT2D eigenvalue weighted by Crippen LogP contribution is 2.19. The molecule has 1 atom stereocenters. The van der Waals surface area contributed by atoms with Gasteiger partial charge in [0.25, 0.3) is 0 Å². The molecule has 0 radical (unpaired) electrons. The van der Waals surface area contributed by atoms with E-state index in [0.717, 1.165) is 18.7 Å². The molecule has 1 aromatic carbocycles. The molecule has 102 valence electrons. The summed E-state index contributed by atoms with van der Waals surface area (Å²) in [7, 11) is 0. The lowest BCUT2D eigenvalue weighted by Gasteiger charge is -2.15. The fourth-order valence-electron chi connectivity index (χ4n) is 2.18. The van der Waals surface area contributed by atoms with E-state index in [9.17, 15) is 0 Å². The normalized spacial score (nSPS) is 12.8. The number of benzene rings is 1. The maximum atomic E-state index is 4.18. The minimum absolute atomic E-state index is 0.216. The van der Waals surface area contributed by atoms with Gasteiger partial charge in [0.2, 0.25) is 0 Å². The third-order valence-electron chi connectivity index (χ3n) is 3.33. The van der Waals surface area contributed by atoms with Crippen molar-refractivity contribution in [2.75, 3.05) is 6.54 Å². The summed E-state index contributed by atoms with van der Waals surface area (Å²) in [6.45, 7) is 7.45. The molecule has 19 heavy (non-hydrogen) atoms. The second-order valence-corrected chi connectivity index (χ2v) is 5.11. The maximum absolute atomic E-state index is 4.18. The molecule has 1 aromatic heterocycles. The van der Waals surface area contributed by atoms with E-state index in [4.69, 9.17) is 0 Å². The Bertz CT molecular complexity index is 473. The van der Waals surface area contributed by atoms with Crippen LogP contribution in [0.2, 0.25) is 0 Å². The van der Waals surface area contributed by atoms with Crippen molar-refractivity contribution in [1.29, 1.82) is 0 Å². The van der Waals surface area contributed by atoms with Crippen LogP contribution >= 0.6 is 0 Å². The standard InChI is InChI=1S/C15H22N4/c1-4-16-14(15-10-17-19-18-15)9-12-5-7-13(8-6-12)11(2)3/h5-8,10-11,14,16H,4,9H2,1-3H3,(H,17,18,19). The van der Waals surface area contributed by atoms with Crippen LogP contribution in [0.1, 0.15) is 49.6 Å². The Balaban J connectivity index is 2.09. The monoisotopic (exact) mass is 258 g/mol. The molecule has 2 aromatic rings. The van der Waals surface area contributed by atoms with Crippen molar-refractivity contribution < 1.29 is 0 Å². The van der Waals surface area contributed by atoms with Gasteiger partial charge >= 0.3 is 0 Å². The van der Waals surface area contributed by atoms with E-state index in [1.54, 1.807) is 6.20 Å². The van der Waals surface area contributed by atoms with Crippen LogP contribution in [0.4, 0.5) is 0 Å². The molecule has 2 rings (SSSR count). The number of nitrogens with one attached hydrogen (secondary N) is 2. The highest BCUT2D eigenvalue weighted by molar-refractivity contribution is 5.26. The van der Waals surface area contributed by atoms with Crippen molar-refractivity contribution in [3.05, 3.63) is 47.3 Å². The molecule has 1 unspecified atom stereocenters. The third-order valence-corrected chi connectivity index (χ3v) is 3.33. The Morgan fingerprint density at radius 3 is 2.47 bits per heavy atom. The summed E-state index contributed by atoms with van der Waals surface area (Å²) in [4.78, 5) is 0. The van der Waals surface area contributed by atoms with Crippen LogP contribution in [0.25, 0.3) is 0 Å². The number of H-pyrrole nitrogens is 1. The summed E-state index contributed by atoms with van der Waals surface area (Å²) in [5.41, 5.74) is 3.67. The molecule has 0 saturated heterocycles. The second kappa shape index (κ2) is 6.48. The van der Waals surface area contributed by atoms with E-state index in [0.29, 0.717) is 5.92 Å². The minimum Gasteiger partial charge on any atom is -0.309 e. The van der Waals surface area contributed by atoms with Gasteiger partial charge in [-0.2, -0.15) is 15.4 Å². The van der Waals surface area contributed by atoms with E-state index in [1.807, 2.05) is 0 Å². The molecule has 1 heterocycles. The van der Waals surface area contributed by atoms with Crippen LogP contribution in [0.3, 0.4) is 0 Å². The highest BCUT2D eigenvalue weighted by Gasteiger charge is 2.13. The first-order valence-corrected chi connectivity index (χ1v) is 6.88. The number of hydrogen-bond acceptors (Lipinski definition) is 3. The zero-order valence-electron chi connectivity index (χ0n) is 11.9. The Kier molecular flexibility index (Phi) is 4.68. The summed E-state index contributed by atoms with van der Waals surface area (Å²) in [5, 5.41) is 14.2. The number of aromatic nitrogens is 3. The first kappa shape index (κ1) is 13.7. The molecule has 0 aliphatic carbocycles. The van der Waals surface area contributed by atoms with Crippen LogP contribution in [-0.2, 0) is 6.42 Å². The summed E-state index contributed by atoms with van der Waals surface area (Å²) < 4.78 is 0. The largest absolute Gasteiger partial charge is 0.309 e. The number of hydrogen-bond donors (Lipinski definition) is 2. The Morgan fingerprint density at radius 2 is 1.95 bits per heavy atom. The van der Waals surface area contributed by atoms with Gasteiger partial charge in [-0.25, -0.2) is 0 Å². The molecule has 0 spiro atoms. The molecule has 0 fully saturated rings. The van der Waals surface area contributed by atoms with E-state index in [1.165, 1.54) is 11.1 Å². The van der Waals surface area contributed by atoms with Crippen molar-refractivity contribution in [1.82, 2.24) is 20.7 Å². The van der Waals surface area contributed by atoms with E-state index < -0.39 is 0 Å². The van der Waals surface area contributed by atoms with Crippen molar-refractivity contribution >= 4 is 0 Å². The zero-order chi connectivity index (χ0) is 13.7. The Hall–Kier alpha value is -1.68. The average Bonchev–Trinajstić information content (AvgIpc) is 2.92.